The quantitative estimate of drug-likeness (QED) is 0.795. The van der Waals surface area contributed by atoms with Gasteiger partial charge in [-0.2, -0.15) is 0 Å². The Balaban J connectivity index is 1.99. The lowest BCUT2D eigenvalue weighted by Crippen LogP contribution is -2.37. The molecule has 0 saturated heterocycles. The first-order valence-electron chi connectivity index (χ1n) is 7.17. The molecule has 0 aromatic heterocycles. The van der Waals surface area contributed by atoms with E-state index in [4.69, 9.17) is 0 Å². The van der Waals surface area contributed by atoms with Crippen molar-refractivity contribution in [1.29, 1.82) is 0 Å². The number of nitrogens with one attached hydrogen (secondary N) is 1. The molecule has 0 bridgehead atoms. The molecule has 1 aromatic rings. The van der Waals surface area contributed by atoms with Crippen molar-refractivity contribution in [3.63, 3.8) is 0 Å². The van der Waals surface area contributed by atoms with Gasteiger partial charge in [0.2, 0.25) is 0 Å². The van der Waals surface area contributed by atoms with Crippen molar-refractivity contribution in [3.8, 4) is 0 Å². The van der Waals surface area contributed by atoms with Gasteiger partial charge in [-0.1, -0.05) is 44.2 Å². The molecule has 100 valence electrons. The first-order chi connectivity index (χ1) is 8.70. The molecule has 0 heterocycles. The molecule has 1 aliphatic rings. The fraction of sp³-hybridized carbons (Fsp3) is 0.625. The smallest absolute Gasteiger partial charge is 0.0446 e. The summed E-state index contributed by atoms with van der Waals surface area (Å²) >= 11 is 0. The SMILES string of the molecule is CNC(CN(CC(C)C)C1CC1)c1ccccc1. The average molecular weight is 246 g/mol. The Bertz CT molecular complexity index is 343. The van der Waals surface area contributed by atoms with E-state index >= 15 is 0 Å². The monoisotopic (exact) mass is 246 g/mol. The van der Waals surface area contributed by atoms with Crippen LogP contribution in [-0.2, 0) is 0 Å². The minimum absolute atomic E-state index is 0.450. The van der Waals surface area contributed by atoms with E-state index in [9.17, 15) is 0 Å². The summed E-state index contributed by atoms with van der Waals surface area (Å²) in [6.45, 7) is 6.97. The topological polar surface area (TPSA) is 15.3 Å². The van der Waals surface area contributed by atoms with E-state index in [0.717, 1.165) is 18.5 Å². The van der Waals surface area contributed by atoms with Gasteiger partial charge in [0.1, 0.15) is 0 Å². The van der Waals surface area contributed by atoms with E-state index in [1.54, 1.807) is 0 Å². The molecule has 0 aliphatic heterocycles. The van der Waals surface area contributed by atoms with Gasteiger partial charge in [0, 0.05) is 25.2 Å². The molecule has 1 aromatic carbocycles. The molecule has 1 aliphatic carbocycles. The van der Waals surface area contributed by atoms with Crippen LogP contribution in [-0.4, -0.2) is 31.1 Å². The van der Waals surface area contributed by atoms with Gasteiger partial charge < -0.3 is 5.32 Å². The summed E-state index contributed by atoms with van der Waals surface area (Å²) in [5, 5.41) is 3.46. The van der Waals surface area contributed by atoms with Crippen molar-refractivity contribution in [2.75, 3.05) is 20.1 Å². The van der Waals surface area contributed by atoms with Crippen LogP contribution in [0.15, 0.2) is 30.3 Å². The number of hydrogen-bond donors (Lipinski definition) is 1. The summed E-state index contributed by atoms with van der Waals surface area (Å²) in [5.41, 5.74) is 1.40. The van der Waals surface area contributed by atoms with Gasteiger partial charge >= 0.3 is 0 Å². The van der Waals surface area contributed by atoms with Crippen LogP contribution < -0.4 is 5.32 Å². The molecule has 1 atom stereocenters. The lowest BCUT2D eigenvalue weighted by Gasteiger charge is -2.29. The second kappa shape index (κ2) is 6.35. The van der Waals surface area contributed by atoms with Crippen molar-refractivity contribution in [2.45, 2.75) is 38.8 Å². The minimum atomic E-state index is 0.450. The van der Waals surface area contributed by atoms with E-state index in [0.29, 0.717) is 6.04 Å². The maximum atomic E-state index is 3.46. The Morgan fingerprint density at radius 3 is 2.33 bits per heavy atom. The summed E-state index contributed by atoms with van der Waals surface area (Å²) in [7, 11) is 2.07. The van der Waals surface area contributed by atoms with Crippen LogP contribution in [0.2, 0.25) is 0 Å². The zero-order valence-electron chi connectivity index (χ0n) is 11.9. The zero-order chi connectivity index (χ0) is 13.0. The molecule has 18 heavy (non-hydrogen) atoms. The fourth-order valence-corrected chi connectivity index (χ4v) is 2.56. The highest BCUT2D eigenvalue weighted by molar-refractivity contribution is 5.19. The number of likely N-dealkylation sites (N-methyl/N-ethyl adjacent to an activating group) is 1. The molecular weight excluding hydrogens is 220 g/mol. The van der Waals surface area contributed by atoms with E-state index in [-0.39, 0.29) is 0 Å². The van der Waals surface area contributed by atoms with Gasteiger partial charge in [-0.05, 0) is 31.4 Å². The molecule has 1 saturated carbocycles. The van der Waals surface area contributed by atoms with E-state index in [2.05, 4.69) is 61.4 Å². The third kappa shape index (κ3) is 3.82. The van der Waals surface area contributed by atoms with Crippen molar-refractivity contribution in [3.05, 3.63) is 35.9 Å². The molecular formula is C16H26N2. The Morgan fingerprint density at radius 2 is 1.83 bits per heavy atom. The largest absolute Gasteiger partial charge is 0.312 e. The van der Waals surface area contributed by atoms with E-state index in [1.165, 1.54) is 24.9 Å². The van der Waals surface area contributed by atoms with Crippen molar-refractivity contribution >= 4 is 0 Å². The number of nitrogens with zero attached hydrogens (tertiary/aromatic N) is 1. The maximum Gasteiger partial charge on any atom is 0.0446 e. The van der Waals surface area contributed by atoms with Gasteiger partial charge in [0.15, 0.2) is 0 Å². The molecule has 2 nitrogen and oxygen atoms in total. The molecule has 2 rings (SSSR count). The van der Waals surface area contributed by atoms with E-state index < -0.39 is 0 Å². The van der Waals surface area contributed by atoms with Gasteiger partial charge in [0.05, 0.1) is 0 Å². The van der Waals surface area contributed by atoms with Crippen molar-refractivity contribution in [1.82, 2.24) is 10.2 Å². The van der Waals surface area contributed by atoms with Crippen LogP contribution in [0.25, 0.3) is 0 Å². The summed E-state index contributed by atoms with van der Waals surface area (Å²) in [4.78, 5) is 2.67. The van der Waals surface area contributed by atoms with Crippen LogP contribution >= 0.6 is 0 Å². The highest BCUT2D eigenvalue weighted by Gasteiger charge is 2.30. The molecule has 1 fully saturated rings. The lowest BCUT2D eigenvalue weighted by atomic mass is 10.1. The first kappa shape index (κ1) is 13.6. The normalized spacial score (nSPS) is 17.4. The lowest BCUT2D eigenvalue weighted by molar-refractivity contribution is 0.212. The molecule has 0 amide bonds. The Morgan fingerprint density at radius 1 is 1.17 bits per heavy atom. The Kier molecular flexibility index (Phi) is 4.79. The molecule has 0 spiro atoms. The summed E-state index contributed by atoms with van der Waals surface area (Å²) in [5.74, 6) is 0.749. The number of hydrogen-bond acceptors (Lipinski definition) is 2. The predicted octanol–water partition coefficient (Wildman–Crippen LogP) is 3.07. The van der Waals surface area contributed by atoms with Gasteiger partial charge in [0.25, 0.3) is 0 Å². The Hall–Kier alpha value is -0.860. The summed E-state index contributed by atoms with van der Waals surface area (Å²) in [6.07, 6.45) is 2.77. The van der Waals surface area contributed by atoms with Crippen LogP contribution in [0, 0.1) is 5.92 Å². The molecule has 1 unspecified atom stereocenters. The Labute approximate surface area is 111 Å². The van der Waals surface area contributed by atoms with Crippen LogP contribution in [0.1, 0.15) is 38.3 Å². The van der Waals surface area contributed by atoms with Gasteiger partial charge in [-0.3, -0.25) is 4.90 Å². The second-order valence-electron chi connectivity index (χ2n) is 5.83. The highest BCUT2D eigenvalue weighted by Crippen LogP contribution is 2.29. The highest BCUT2D eigenvalue weighted by atomic mass is 15.2. The summed E-state index contributed by atoms with van der Waals surface area (Å²) in [6, 6.07) is 12.1. The first-order valence-corrected chi connectivity index (χ1v) is 7.17. The van der Waals surface area contributed by atoms with Gasteiger partial charge in [-0.15, -0.1) is 0 Å². The molecule has 0 radical (unpaired) electrons. The standard InChI is InChI=1S/C16H26N2/c1-13(2)11-18(15-9-10-15)12-16(17-3)14-7-5-4-6-8-14/h4-8,13,15-17H,9-12H2,1-3H3. The number of rotatable bonds is 7. The van der Waals surface area contributed by atoms with Gasteiger partial charge in [-0.25, -0.2) is 0 Å². The second-order valence-corrected chi connectivity index (χ2v) is 5.83. The maximum absolute atomic E-state index is 3.46. The summed E-state index contributed by atoms with van der Waals surface area (Å²) < 4.78 is 0. The van der Waals surface area contributed by atoms with Crippen molar-refractivity contribution in [2.24, 2.45) is 5.92 Å². The average Bonchev–Trinajstić information content (AvgIpc) is 3.19. The van der Waals surface area contributed by atoms with Crippen LogP contribution in [0.4, 0.5) is 0 Å². The third-order valence-corrected chi connectivity index (χ3v) is 3.63. The van der Waals surface area contributed by atoms with E-state index in [1.807, 2.05) is 0 Å². The van der Waals surface area contributed by atoms with Crippen molar-refractivity contribution < 1.29 is 0 Å². The number of benzene rings is 1. The predicted molar refractivity (Wildman–Crippen MR) is 77.7 cm³/mol. The molecule has 2 heteroatoms. The fourth-order valence-electron chi connectivity index (χ4n) is 2.56. The minimum Gasteiger partial charge on any atom is -0.312 e. The van der Waals surface area contributed by atoms with Crippen LogP contribution in [0.5, 0.6) is 0 Å². The van der Waals surface area contributed by atoms with Crippen LogP contribution in [0.3, 0.4) is 0 Å². The third-order valence-electron chi connectivity index (χ3n) is 3.63. The molecule has 1 N–H and O–H groups in total. The zero-order valence-corrected chi connectivity index (χ0v) is 11.9.